The quantitative estimate of drug-likeness (QED) is 0.676. The van der Waals surface area contributed by atoms with Gasteiger partial charge < -0.3 is 5.32 Å². The number of thiazole rings is 1. The Bertz CT molecular complexity index is 645. The first kappa shape index (κ1) is 12.0. The number of rotatable bonds is 3. The molecule has 0 spiro atoms. The van der Waals surface area contributed by atoms with Gasteiger partial charge in [0.2, 0.25) is 0 Å². The minimum atomic E-state index is -0.573. The number of nitriles is 1. The first-order valence-corrected chi connectivity index (χ1v) is 5.86. The molecule has 0 saturated heterocycles. The van der Waals surface area contributed by atoms with Gasteiger partial charge in [-0.15, -0.1) is 11.3 Å². The van der Waals surface area contributed by atoms with E-state index < -0.39 is 4.92 Å². The van der Waals surface area contributed by atoms with E-state index in [4.69, 9.17) is 5.26 Å². The molecule has 0 fully saturated rings. The summed E-state index contributed by atoms with van der Waals surface area (Å²) in [7, 11) is 0. The fraction of sp³-hybridized carbons (Fsp3) is 0.0909. The van der Waals surface area contributed by atoms with Crippen molar-refractivity contribution < 1.29 is 4.92 Å². The summed E-state index contributed by atoms with van der Waals surface area (Å²) in [5, 5.41) is 25.1. The Morgan fingerprint density at radius 2 is 2.33 bits per heavy atom. The number of hydrogen-bond acceptors (Lipinski definition) is 6. The molecular formula is C11H8N4O2S. The number of nitro groups is 1. The summed E-state index contributed by atoms with van der Waals surface area (Å²) in [4.78, 5) is 14.4. The van der Waals surface area contributed by atoms with Crippen molar-refractivity contribution in [3.05, 3.63) is 45.0 Å². The van der Waals surface area contributed by atoms with Gasteiger partial charge in [0.1, 0.15) is 11.6 Å². The number of nitro benzene ring substituents is 1. The molecule has 1 aromatic carbocycles. The van der Waals surface area contributed by atoms with Crippen molar-refractivity contribution in [2.24, 2.45) is 0 Å². The predicted molar refractivity (Wildman–Crippen MR) is 67.9 cm³/mol. The van der Waals surface area contributed by atoms with Crippen molar-refractivity contribution in [1.82, 2.24) is 4.98 Å². The Morgan fingerprint density at radius 3 is 2.89 bits per heavy atom. The van der Waals surface area contributed by atoms with E-state index >= 15 is 0 Å². The van der Waals surface area contributed by atoms with Crippen molar-refractivity contribution in [3.8, 4) is 6.07 Å². The number of benzene rings is 1. The molecule has 6 nitrogen and oxygen atoms in total. The van der Waals surface area contributed by atoms with Crippen molar-refractivity contribution in [1.29, 1.82) is 5.26 Å². The molecule has 0 unspecified atom stereocenters. The molecular weight excluding hydrogens is 252 g/mol. The van der Waals surface area contributed by atoms with E-state index in [0.29, 0.717) is 10.8 Å². The van der Waals surface area contributed by atoms with Crippen molar-refractivity contribution in [2.75, 3.05) is 5.32 Å². The summed E-state index contributed by atoms with van der Waals surface area (Å²) >= 11 is 1.41. The minimum Gasteiger partial charge on any atom is -0.331 e. The molecule has 0 bridgehead atoms. The Labute approximate surface area is 107 Å². The van der Waals surface area contributed by atoms with Crippen LogP contribution in [0.2, 0.25) is 0 Å². The lowest BCUT2D eigenvalue weighted by Gasteiger charge is -2.02. The average molecular weight is 260 g/mol. The zero-order valence-electron chi connectivity index (χ0n) is 9.38. The van der Waals surface area contributed by atoms with Gasteiger partial charge in [0.05, 0.1) is 10.6 Å². The second-order valence-electron chi connectivity index (χ2n) is 3.52. The number of nitrogens with one attached hydrogen (secondary N) is 1. The SMILES string of the molecule is Cc1csc(Nc2ccc(C#N)c([N+](=O)[O-])c2)n1. The highest BCUT2D eigenvalue weighted by atomic mass is 32.1. The summed E-state index contributed by atoms with van der Waals surface area (Å²) in [6.45, 7) is 1.86. The van der Waals surface area contributed by atoms with Crippen molar-refractivity contribution >= 4 is 27.8 Å². The van der Waals surface area contributed by atoms with E-state index in [-0.39, 0.29) is 11.3 Å². The maximum absolute atomic E-state index is 10.8. The molecule has 18 heavy (non-hydrogen) atoms. The summed E-state index contributed by atoms with van der Waals surface area (Å²) in [6, 6.07) is 6.15. The molecule has 0 radical (unpaired) electrons. The third-order valence-electron chi connectivity index (χ3n) is 2.19. The molecule has 1 N–H and O–H groups in total. The molecule has 0 atom stereocenters. The van der Waals surface area contributed by atoms with E-state index in [0.717, 1.165) is 5.69 Å². The molecule has 1 heterocycles. The van der Waals surface area contributed by atoms with Crippen LogP contribution in [0.25, 0.3) is 0 Å². The summed E-state index contributed by atoms with van der Waals surface area (Å²) in [5.74, 6) is 0. The highest BCUT2D eigenvalue weighted by Crippen LogP contribution is 2.26. The van der Waals surface area contributed by atoms with Crippen molar-refractivity contribution in [2.45, 2.75) is 6.92 Å². The topological polar surface area (TPSA) is 91.8 Å². The van der Waals surface area contributed by atoms with E-state index in [1.54, 1.807) is 12.1 Å². The summed E-state index contributed by atoms with van der Waals surface area (Å²) < 4.78 is 0. The predicted octanol–water partition coefficient (Wildman–Crippen LogP) is 2.98. The fourth-order valence-corrected chi connectivity index (χ4v) is 2.10. The van der Waals surface area contributed by atoms with Crippen LogP contribution in [-0.2, 0) is 0 Å². The van der Waals surface area contributed by atoms with Crippen LogP contribution in [0.3, 0.4) is 0 Å². The van der Waals surface area contributed by atoms with Crippen molar-refractivity contribution in [3.63, 3.8) is 0 Å². The monoisotopic (exact) mass is 260 g/mol. The first-order valence-electron chi connectivity index (χ1n) is 4.98. The van der Waals surface area contributed by atoms with Gasteiger partial charge in [-0.1, -0.05) is 0 Å². The van der Waals surface area contributed by atoms with Gasteiger partial charge in [-0.3, -0.25) is 10.1 Å². The molecule has 7 heteroatoms. The molecule has 2 rings (SSSR count). The lowest BCUT2D eigenvalue weighted by molar-refractivity contribution is -0.385. The van der Waals surface area contributed by atoms with Gasteiger partial charge in [-0.2, -0.15) is 5.26 Å². The highest BCUT2D eigenvalue weighted by Gasteiger charge is 2.14. The lowest BCUT2D eigenvalue weighted by Crippen LogP contribution is -1.95. The second kappa shape index (κ2) is 4.81. The number of anilines is 2. The molecule has 1 aromatic heterocycles. The van der Waals surface area contributed by atoms with E-state index in [9.17, 15) is 10.1 Å². The molecule has 0 saturated carbocycles. The Kier molecular flexibility index (Phi) is 3.21. The van der Waals surface area contributed by atoms with Crippen LogP contribution in [0.15, 0.2) is 23.6 Å². The molecule has 0 aliphatic heterocycles. The number of hydrogen-bond donors (Lipinski definition) is 1. The Balaban J connectivity index is 2.33. The van der Waals surface area contributed by atoms with Gasteiger partial charge in [0.15, 0.2) is 5.13 Å². The summed E-state index contributed by atoms with van der Waals surface area (Å²) in [5.41, 5.74) is 1.25. The van der Waals surface area contributed by atoms with Crippen LogP contribution in [0.5, 0.6) is 0 Å². The number of nitrogens with zero attached hydrogens (tertiary/aromatic N) is 3. The normalized spacial score (nSPS) is 9.78. The molecule has 2 aromatic rings. The largest absolute Gasteiger partial charge is 0.331 e. The average Bonchev–Trinajstić information content (AvgIpc) is 2.74. The minimum absolute atomic E-state index is 0.0425. The first-order chi connectivity index (χ1) is 8.60. The van der Waals surface area contributed by atoms with Crippen LogP contribution < -0.4 is 5.32 Å². The summed E-state index contributed by atoms with van der Waals surface area (Å²) in [6.07, 6.45) is 0. The second-order valence-corrected chi connectivity index (χ2v) is 4.38. The number of aromatic nitrogens is 1. The molecule has 90 valence electrons. The third kappa shape index (κ3) is 2.44. The van der Waals surface area contributed by atoms with Gasteiger partial charge in [-0.25, -0.2) is 4.98 Å². The molecule has 0 aliphatic rings. The smallest absolute Gasteiger partial charge is 0.289 e. The van der Waals surface area contributed by atoms with Gasteiger partial charge in [0.25, 0.3) is 5.69 Å². The maximum Gasteiger partial charge on any atom is 0.289 e. The van der Waals surface area contributed by atoms with E-state index in [2.05, 4.69) is 10.3 Å². The van der Waals surface area contributed by atoms with Crippen LogP contribution in [-0.4, -0.2) is 9.91 Å². The Morgan fingerprint density at radius 1 is 1.56 bits per heavy atom. The highest BCUT2D eigenvalue weighted by molar-refractivity contribution is 7.13. The Hall–Kier alpha value is -2.46. The molecule has 0 aliphatic carbocycles. The van der Waals surface area contributed by atoms with Crippen LogP contribution in [0, 0.1) is 28.4 Å². The zero-order valence-corrected chi connectivity index (χ0v) is 10.2. The van der Waals surface area contributed by atoms with E-state index in [1.807, 2.05) is 12.3 Å². The van der Waals surface area contributed by atoms with Crippen LogP contribution in [0.4, 0.5) is 16.5 Å². The van der Waals surface area contributed by atoms with Crippen LogP contribution >= 0.6 is 11.3 Å². The number of aryl methyl sites for hydroxylation is 1. The third-order valence-corrected chi connectivity index (χ3v) is 3.06. The molecule has 0 amide bonds. The maximum atomic E-state index is 10.8. The fourth-order valence-electron chi connectivity index (χ4n) is 1.39. The van der Waals surface area contributed by atoms with E-state index in [1.165, 1.54) is 23.5 Å². The van der Waals surface area contributed by atoms with Crippen LogP contribution in [0.1, 0.15) is 11.3 Å². The standard InChI is InChI=1S/C11H8N4O2S/c1-7-6-18-11(13-7)14-9-3-2-8(5-12)10(4-9)15(16)17/h2-4,6H,1H3,(H,13,14). The van der Waals surface area contributed by atoms with Gasteiger partial charge in [0, 0.05) is 17.1 Å². The lowest BCUT2D eigenvalue weighted by atomic mass is 10.2. The van der Waals surface area contributed by atoms with Gasteiger partial charge in [-0.05, 0) is 19.1 Å². The zero-order chi connectivity index (χ0) is 13.1. The van der Waals surface area contributed by atoms with Gasteiger partial charge >= 0.3 is 0 Å².